The van der Waals surface area contributed by atoms with E-state index in [-0.39, 0.29) is 10.7 Å². The van der Waals surface area contributed by atoms with Gasteiger partial charge in [0.25, 0.3) is 5.91 Å². The molecule has 0 unspecified atom stereocenters. The van der Waals surface area contributed by atoms with E-state index in [4.69, 9.17) is 16.7 Å². The predicted octanol–water partition coefficient (Wildman–Crippen LogP) is 1.74. The minimum absolute atomic E-state index is 0.0418. The van der Waals surface area contributed by atoms with Crippen molar-refractivity contribution in [3.05, 3.63) is 40.3 Å². The molecule has 2 N–H and O–H groups in total. The zero-order valence-electron chi connectivity index (χ0n) is 12.3. The minimum atomic E-state index is -1.14. The fraction of sp³-hybridized carbons (Fsp3) is 0.286. The number of carbonyl (C=O) groups is 2. The van der Waals surface area contributed by atoms with Gasteiger partial charge in [0.1, 0.15) is 11.7 Å². The van der Waals surface area contributed by atoms with Gasteiger partial charge < -0.3 is 10.4 Å². The molecule has 0 aliphatic carbocycles. The average molecular weight is 323 g/mol. The molecule has 0 aliphatic rings. The van der Waals surface area contributed by atoms with Crippen LogP contribution in [0.1, 0.15) is 28.8 Å². The summed E-state index contributed by atoms with van der Waals surface area (Å²) in [6.45, 7) is 5.07. The Bertz CT molecular complexity index is 742. The van der Waals surface area contributed by atoms with E-state index in [9.17, 15) is 9.59 Å². The Morgan fingerprint density at radius 3 is 2.59 bits per heavy atom. The Morgan fingerprint density at radius 1 is 1.36 bits per heavy atom. The number of nitrogens with zero attached hydrogens (tertiary/aromatic N) is 3. The third-order valence-corrected chi connectivity index (χ3v) is 3.30. The SMILES string of the molecule is Cc1cc(C)n(-c2ccc(Cl)c(C(=O)N[C@@H](C)C(=O)O)n2)n1. The number of aromatic nitrogens is 3. The first kappa shape index (κ1) is 16.0. The van der Waals surface area contributed by atoms with Gasteiger partial charge in [-0.2, -0.15) is 5.10 Å². The van der Waals surface area contributed by atoms with E-state index in [0.717, 1.165) is 11.4 Å². The second-order valence-electron chi connectivity index (χ2n) is 4.87. The van der Waals surface area contributed by atoms with Crippen LogP contribution in [0.3, 0.4) is 0 Å². The maximum atomic E-state index is 12.1. The highest BCUT2D eigenvalue weighted by atomic mass is 35.5. The highest BCUT2D eigenvalue weighted by Gasteiger charge is 2.19. The van der Waals surface area contributed by atoms with E-state index in [2.05, 4.69) is 15.4 Å². The number of carbonyl (C=O) groups excluding carboxylic acids is 1. The maximum Gasteiger partial charge on any atom is 0.325 e. The zero-order valence-corrected chi connectivity index (χ0v) is 13.0. The molecule has 0 radical (unpaired) electrons. The largest absolute Gasteiger partial charge is 0.480 e. The molecule has 7 nitrogen and oxygen atoms in total. The van der Waals surface area contributed by atoms with E-state index in [1.165, 1.54) is 13.0 Å². The lowest BCUT2D eigenvalue weighted by Crippen LogP contribution is -2.38. The predicted molar refractivity (Wildman–Crippen MR) is 80.4 cm³/mol. The van der Waals surface area contributed by atoms with E-state index in [1.54, 1.807) is 10.7 Å². The Labute approximate surface area is 131 Å². The average Bonchev–Trinajstić information content (AvgIpc) is 2.78. The van der Waals surface area contributed by atoms with Crippen molar-refractivity contribution in [2.75, 3.05) is 0 Å². The summed E-state index contributed by atoms with van der Waals surface area (Å²) in [4.78, 5) is 27.1. The molecule has 2 heterocycles. The van der Waals surface area contributed by atoms with Gasteiger partial charge in [0.2, 0.25) is 0 Å². The summed E-state index contributed by atoms with van der Waals surface area (Å²) in [6.07, 6.45) is 0. The smallest absolute Gasteiger partial charge is 0.325 e. The lowest BCUT2D eigenvalue weighted by molar-refractivity contribution is -0.138. The van der Waals surface area contributed by atoms with Gasteiger partial charge in [-0.05, 0) is 39.0 Å². The summed E-state index contributed by atoms with van der Waals surface area (Å²) in [5.74, 6) is -1.36. The van der Waals surface area contributed by atoms with Crippen LogP contribution in [0.25, 0.3) is 5.82 Å². The van der Waals surface area contributed by atoms with Crippen LogP contribution in [-0.4, -0.2) is 37.8 Å². The van der Waals surface area contributed by atoms with Gasteiger partial charge in [-0.1, -0.05) is 11.6 Å². The fourth-order valence-corrected chi connectivity index (χ4v) is 2.09. The Morgan fingerprint density at radius 2 is 2.05 bits per heavy atom. The van der Waals surface area contributed by atoms with Crippen molar-refractivity contribution in [2.24, 2.45) is 0 Å². The van der Waals surface area contributed by atoms with Gasteiger partial charge in [-0.3, -0.25) is 9.59 Å². The number of rotatable bonds is 4. The van der Waals surface area contributed by atoms with Crippen molar-refractivity contribution < 1.29 is 14.7 Å². The number of nitrogens with one attached hydrogen (secondary N) is 1. The third kappa shape index (κ3) is 3.25. The quantitative estimate of drug-likeness (QED) is 0.893. The summed E-state index contributed by atoms with van der Waals surface area (Å²) in [6, 6.07) is 4.00. The number of aliphatic carboxylic acids is 1. The van der Waals surface area contributed by atoms with Crippen molar-refractivity contribution in [3.63, 3.8) is 0 Å². The molecule has 0 aromatic carbocycles. The molecule has 2 aromatic heterocycles. The molecule has 0 spiro atoms. The summed E-state index contributed by atoms with van der Waals surface area (Å²) in [5, 5.41) is 15.6. The van der Waals surface area contributed by atoms with Crippen LogP contribution in [0.4, 0.5) is 0 Å². The number of carboxylic acids is 1. The number of amides is 1. The summed E-state index contributed by atoms with van der Waals surface area (Å²) in [5.41, 5.74) is 1.64. The minimum Gasteiger partial charge on any atom is -0.480 e. The van der Waals surface area contributed by atoms with Gasteiger partial charge in [-0.15, -0.1) is 0 Å². The van der Waals surface area contributed by atoms with Gasteiger partial charge in [0.15, 0.2) is 5.82 Å². The summed E-state index contributed by atoms with van der Waals surface area (Å²) >= 11 is 5.99. The van der Waals surface area contributed by atoms with E-state index in [0.29, 0.717) is 5.82 Å². The first-order valence-electron chi connectivity index (χ1n) is 6.53. The first-order chi connectivity index (χ1) is 10.3. The number of hydrogen-bond donors (Lipinski definition) is 2. The number of aryl methyl sites for hydroxylation is 2. The molecule has 1 amide bonds. The second-order valence-corrected chi connectivity index (χ2v) is 5.28. The zero-order chi connectivity index (χ0) is 16.4. The molecule has 0 saturated heterocycles. The van der Waals surface area contributed by atoms with Crippen molar-refractivity contribution >= 4 is 23.5 Å². The lowest BCUT2D eigenvalue weighted by atomic mass is 10.3. The first-order valence-corrected chi connectivity index (χ1v) is 6.91. The highest BCUT2D eigenvalue weighted by molar-refractivity contribution is 6.33. The van der Waals surface area contributed by atoms with Crippen LogP contribution < -0.4 is 5.32 Å². The molecule has 8 heteroatoms. The van der Waals surface area contributed by atoms with E-state index >= 15 is 0 Å². The van der Waals surface area contributed by atoms with Crippen molar-refractivity contribution in [1.82, 2.24) is 20.1 Å². The third-order valence-electron chi connectivity index (χ3n) is 2.99. The fourth-order valence-electron chi connectivity index (χ4n) is 1.90. The second kappa shape index (κ2) is 6.15. The Hall–Kier alpha value is -2.41. The molecule has 1 atom stereocenters. The lowest BCUT2D eigenvalue weighted by Gasteiger charge is -2.11. The van der Waals surface area contributed by atoms with Gasteiger partial charge in [0, 0.05) is 5.69 Å². The Kier molecular flexibility index (Phi) is 4.46. The number of carboxylic acid groups (broad SMARTS) is 1. The molecule has 2 aromatic rings. The van der Waals surface area contributed by atoms with Crippen molar-refractivity contribution in [3.8, 4) is 5.82 Å². The molecule has 116 valence electrons. The molecular weight excluding hydrogens is 308 g/mol. The van der Waals surface area contributed by atoms with Crippen molar-refractivity contribution in [2.45, 2.75) is 26.8 Å². The maximum absolute atomic E-state index is 12.1. The normalized spacial score (nSPS) is 12.0. The van der Waals surface area contributed by atoms with Crippen LogP contribution in [0, 0.1) is 13.8 Å². The van der Waals surface area contributed by atoms with Crippen molar-refractivity contribution in [1.29, 1.82) is 0 Å². The molecule has 0 aliphatic heterocycles. The molecule has 2 rings (SSSR count). The molecule has 0 saturated carbocycles. The highest BCUT2D eigenvalue weighted by Crippen LogP contribution is 2.17. The molecule has 0 fully saturated rings. The van der Waals surface area contributed by atoms with Crippen LogP contribution in [0.2, 0.25) is 5.02 Å². The summed E-state index contributed by atoms with van der Waals surface area (Å²) < 4.78 is 1.59. The topological polar surface area (TPSA) is 97.1 Å². The molecule has 22 heavy (non-hydrogen) atoms. The Balaban J connectivity index is 2.37. The van der Waals surface area contributed by atoms with Gasteiger partial charge >= 0.3 is 5.97 Å². The van der Waals surface area contributed by atoms with Crippen LogP contribution in [0.15, 0.2) is 18.2 Å². The van der Waals surface area contributed by atoms with E-state index in [1.807, 2.05) is 19.9 Å². The molecular formula is C14H15ClN4O3. The van der Waals surface area contributed by atoms with Crippen LogP contribution in [0.5, 0.6) is 0 Å². The summed E-state index contributed by atoms with van der Waals surface area (Å²) in [7, 11) is 0. The number of pyridine rings is 1. The standard InChI is InChI=1S/C14H15ClN4O3/c1-7-6-8(2)19(18-7)11-5-4-10(15)12(17-11)13(20)16-9(3)14(21)22/h4-6,9H,1-3H3,(H,16,20)(H,21,22)/t9-/m0/s1. The number of hydrogen-bond acceptors (Lipinski definition) is 4. The molecule has 0 bridgehead atoms. The number of halogens is 1. The monoisotopic (exact) mass is 322 g/mol. The van der Waals surface area contributed by atoms with Crippen LogP contribution in [-0.2, 0) is 4.79 Å². The van der Waals surface area contributed by atoms with E-state index < -0.39 is 17.9 Å². The van der Waals surface area contributed by atoms with Gasteiger partial charge in [0.05, 0.1) is 10.7 Å². The van der Waals surface area contributed by atoms with Crippen LogP contribution >= 0.6 is 11.6 Å². The van der Waals surface area contributed by atoms with Gasteiger partial charge in [-0.25, -0.2) is 9.67 Å².